The Hall–Kier alpha value is -3.10. The van der Waals surface area contributed by atoms with E-state index in [4.69, 9.17) is 0 Å². The van der Waals surface area contributed by atoms with Crippen LogP contribution in [0.3, 0.4) is 0 Å². The maximum atomic E-state index is 14.2. The fourth-order valence-corrected chi connectivity index (χ4v) is 13.8. The van der Waals surface area contributed by atoms with Gasteiger partial charge in [0.05, 0.1) is 22.3 Å². The maximum absolute atomic E-state index is 14.2. The predicted octanol–water partition coefficient (Wildman–Crippen LogP) is 15.0. The van der Waals surface area contributed by atoms with E-state index >= 15 is 0 Å². The molecule has 0 heterocycles. The molecule has 0 saturated carbocycles. The van der Waals surface area contributed by atoms with Crippen LogP contribution in [0, 0.1) is 42.5 Å². The number of alkyl halides is 12. The second-order valence-corrected chi connectivity index (χ2v) is 19.6. The van der Waals surface area contributed by atoms with Crippen molar-refractivity contribution in [2.45, 2.75) is 104 Å². The molecule has 6 rings (SSSR count). The summed E-state index contributed by atoms with van der Waals surface area (Å²) >= 11 is 0. The van der Waals surface area contributed by atoms with Crippen molar-refractivity contribution in [3.05, 3.63) is 155 Å². The molecule has 0 fully saturated rings. The Kier molecular flexibility index (Phi) is 18.6. The molecule has 334 valence electrons. The largest absolute Gasteiger partial charge is 2.00 e. The molecule has 0 amide bonds. The number of halogens is 12. The van der Waals surface area contributed by atoms with Gasteiger partial charge in [0, 0.05) is 5.66 Å². The second kappa shape index (κ2) is 21.1. The molecule has 0 unspecified atom stereocenters. The average molecular weight is 947 g/mol. The Bertz CT molecular complexity index is 1940. The SMILES string of the molecule is C1=CCCC1.Cc1cc(C)cc(P(c2cc(C)cc(C)c2)[C@@H](C)C2=C(P(c3cc(C(F)(F)F)cc(C(F)(F)F)c3)c3cc(C(F)(F)F)cc(C(F)(F)F)c3)CCC2)c1.[CH3-].[CH3-].[Fe+2]. The van der Waals surface area contributed by atoms with Gasteiger partial charge in [-0.2, -0.15) is 52.7 Å². The van der Waals surface area contributed by atoms with Gasteiger partial charge >= 0.3 is 41.8 Å². The number of aryl methyl sites for hydroxylation is 4. The third-order valence-electron chi connectivity index (χ3n) is 9.93. The molecule has 2 aliphatic rings. The Balaban J connectivity index is 0.00000149. The molecule has 0 nitrogen and oxygen atoms in total. The van der Waals surface area contributed by atoms with Crippen LogP contribution in [0.15, 0.2) is 95.8 Å². The van der Waals surface area contributed by atoms with Crippen LogP contribution in [-0.2, 0) is 41.8 Å². The molecule has 61 heavy (non-hydrogen) atoms. The summed E-state index contributed by atoms with van der Waals surface area (Å²) in [6, 6.07) is 13.4. The van der Waals surface area contributed by atoms with Crippen molar-refractivity contribution in [1.29, 1.82) is 0 Å². The number of benzene rings is 4. The van der Waals surface area contributed by atoms with Gasteiger partial charge in [0.15, 0.2) is 0 Å². The zero-order valence-electron chi connectivity index (χ0n) is 34.7. The van der Waals surface area contributed by atoms with E-state index in [2.05, 4.69) is 12.2 Å². The smallest absolute Gasteiger partial charge is 0.358 e. The van der Waals surface area contributed by atoms with E-state index in [0.717, 1.165) is 32.9 Å². The Morgan fingerprint density at radius 2 is 0.770 bits per heavy atom. The quantitative estimate of drug-likeness (QED) is 0.0569. The van der Waals surface area contributed by atoms with E-state index in [-0.39, 0.29) is 55.8 Å². The maximum Gasteiger partial charge on any atom is 2.00 e. The minimum Gasteiger partial charge on any atom is -0.358 e. The van der Waals surface area contributed by atoms with Crippen LogP contribution in [-0.4, -0.2) is 5.66 Å². The summed E-state index contributed by atoms with van der Waals surface area (Å²) in [4.78, 5) is 0. The van der Waals surface area contributed by atoms with Gasteiger partial charge in [-0.3, -0.25) is 0 Å². The van der Waals surface area contributed by atoms with Crippen LogP contribution >= 0.6 is 15.8 Å². The summed E-state index contributed by atoms with van der Waals surface area (Å²) in [6.07, 6.45) is -12.0. The fourth-order valence-electron chi connectivity index (χ4n) is 7.57. The van der Waals surface area contributed by atoms with Crippen LogP contribution in [0.25, 0.3) is 0 Å². The summed E-state index contributed by atoms with van der Waals surface area (Å²) in [5, 5.41) is 0.843. The molecule has 0 radical (unpaired) electrons. The summed E-state index contributed by atoms with van der Waals surface area (Å²) in [6.45, 7) is 9.51. The first-order valence-corrected chi connectivity index (χ1v) is 21.3. The molecule has 0 aliphatic heterocycles. The minimum atomic E-state index is -5.30. The van der Waals surface area contributed by atoms with Crippen LogP contribution in [0.5, 0.6) is 0 Å². The molecule has 1 atom stereocenters. The van der Waals surface area contributed by atoms with Gasteiger partial charge in [-0.05, 0) is 145 Å². The fraction of sp³-hybridized carbons (Fsp3) is 0.348. The molecule has 0 saturated heterocycles. The van der Waals surface area contributed by atoms with Crippen LogP contribution in [0.2, 0.25) is 0 Å². The van der Waals surface area contributed by atoms with E-state index in [0.29, 0.717) is 42.7 Å². The molecular weight excluding hydrogens is 898 g/mol. The second-order valence-electron chi connectivity index (χ2n) is 14.8. The molecule has 15 heteroatoms. The molecular formula is C46H48F12FeP2. The molecule has 0 aromatic heterocycles. The summed E-state index contributed by atoms with van der Waals surface area (Å²) in [5.41, 5.74) is -2.90. The molecule has 0 spiro atoms. The van der Waals surface area contributed by atoms with E-state index in [1.165, 1.54) is 19.3 Å². The Morgan fingerprint density at radius 1 is 0.443 bits per heavy atom. The molecule has 2 aliphatic carbocycles. The first-order chi connectivity index (χ1) is 26.8. The normalized spacial score (nSPS) is 14.9. The summed E-state index contributed by atoms with van der Waals surface area (Å²) in [7, 11) is -4.12. The summed E-state index contributed by atoms with van der Waals surface area (Å²) < 4.78 is 170. The first kappa shape index (κ1) is 54.0. The van der Waals surface area contributed by atoms with Gasteiger partial charge in [-0.25, -0.2) is 0 Å². The van der Waals surface area contributed by atoms with Gasteiger partial charge in [0.1, 0.15) is 0 Å². The predicted molar refractivity (Wildman–Crippen MR) is 223 cm³/mol. The molecule has 0 bridgehead atoms. The van der Waals surface area contributed by atoms with Crippen molar-refractivity contribution in [1.82, 2.24) is 0 Å². The Labute approximate surface area is 364 Å². The summed E-state index contributed by atoms with van der Waals surface area (Å²) in [5.74, 6) is 0. The molecule has 0 N–H and O–H groups in total. The topological polar surface area (TPSA) is 0 Å². The van der Waals surface area contributed by atoms with Crippen molar-refractivity contribution in [3.8, 4) is 0 Å². The molecule has 4 aromatic rings. The van der Waals surface area contributed by atoms with Gasteiger partial charge in [0.25, 0.3) is 0 Å². The van der Waals surface area contributed by atoms with Gasteiger partial charge < -0.3 is 14.9 Å². The van der Waals surface area contributed by atoms with Crippen LogP contribution < -0.4 is 21.2 Å². The third-order valence-corrected chi connectivity index (χ3v) is 15.2. The minimum absolute atomic E-state index is 0. The van der Waals surface area contributed by atoms with Gasteiger partial charge in [-0.1, -0.05) is 83.3 Å². The van der Waals surface area contributed by atoms with Crippen molar-refractivity contribution in [3.63, 3.8) is 0 Å². The van der Waals surface area contributed by atoms with Gasteiger partial charge in [0.2, 0.25) is 0 Å². The molecule has 4 aromatic carbocycles. The average Bonchev–Trinajstić information content (AvgIpc) is 3.83. The monoisotopic (exact) mass is 946 g/mol. The zero-order chi connectivity index (χ0) is 43.0. The van der Waals surface area contributed by atoms with Crippen molar-refractivity contribution < 1.29 is 69.8 Å². The Morgan fingerprint density at radius 3 is 1.05 bits per heavy atom. The van der Waals surface area contributed by atoms with Crippen LogP contribution in [0.1, 0.15) is 90.0 Å². The van der Waals surface area contributed by atoms with Gasteiger partial charge in [-0.15, -0.1) is 0 Å². The van der Waals surface area contributed by atoms with Crippen molar-refractivity contribution >= 4 is 37.1 Å². The number of hydrogen-bond donors (Lipinski definition) is 0. The first-order valence-electron chi connectivity index (χ1n) is 18.5. The van der Waals surface area contributed by atoms with Crippen LogP contribution in [0.4, 0.5) is 52.7 Å². The number of hydrogen-bond acceptors (Lipinski definition) is 0. The zero-order valence-corrected chi connectivity index (χ0v) is 37.6. The number of allylic oxidation sites excluding steroid dienone is 4. The third kappa shape index (κ3) is 13.7. The van der Waals surface area contributed by atoms with E-state index in [1.54, 1.807) is 0 Å². The number of rotatable bonds is 7. The van der Waals surface area contributed by atoms with E-state index < -0.39 is 79.1 Å². The standard InChI is InChI=1S/C39H34F12P2.C5H8.2CH3.Fe/c1-21-9-22(2)12-30(11-21)52(31-13-23(3)10-24(4)14-31)25(5)34-7-6-8-35(34)53(32-17-26(36(40,41)42)15-27(18-32)37(43,44)45)33-19-28(38(46,47)48)16-29(20-33)39(49,50)51;1-2-4-5-3-1;;;/h9-20,25H,6-8H2,1-5H3;1-2H,3-5H2;2*1H3;/q;;2*-1;+2/t25-;;;;/m0..../s1. The van der Waals surface area contributed by atoms with Crippen molar-refractivity contribution in [2.75, 3.05) is 0 Å². The van der Waals surface area contributed by atoms with E-state index in [1.807, 2.05) is 71.0 Å². The van der Waals surface area contributed by atoms with Crippen molar-refractivity contribution in [2.24, 2.45) is 0 Å². The van der Waals surface area contributed by atoms with E-state index in [9.17, 15) is 52.7 Å².